The molecule has 0 fully saturated rings. The predicted octanol–water partition coefficient (Wildman–Crippen LogP) is 2.45. The molecule has 0 unspecified atom stereocenters. The molecular formula is C16H23IN4O2S2. The van der Waals surface area contributed by atoms with Crippen LogP contribution in [0.2, 0.25) is 0 Å². The van der Waals surface area contributed by atoms with Crippen LogP contribution in [0.15, 0.2) is 46.3 Å². The summed E-state index contributed by atoms with van der Waals surface area (Å²) in [4.78, 5) is 6.97. The smallest absolute Gasteiger partial charge is 0.240 e. The SMILES string of the molecule is CN=C(NCc1ccc(S(=O)(=O)NC)cc1)NCc1ccc(C)s1.I. The van der Waals surface area contributed by atoms with Crippen LogP contribution in [0.4, 0.5) is 0 Å². The summed E-state index contributed by atoms with van der Waals surface area (Å²) in [6.07, 6.45) is 0. The quantitative estimate of drug-likeness (QED) is 0.328. The number of sulfonamides is 1. The molecule has 0 bridgehead atoms. The van der Waals surface area contributed by atoms with E-state index in [1.165, 1.54) is 16.8 Å². The Balaban J connectivity index is 0.00000312. The Hall–Kier alpha value is -1.17. The molecule has 1 aromatic heterocycles. The van der Waals surface area contributed by atoms with E-state index in [9.17, 15) is 8.42 Å². The Morgan fingerprint density at radius 2 is 1.72 bits per heavy atom. The average Bonchev–Trinajstić information content (AvgIpc) is 3.01. The third kappa shape index (κ3) is 6.57. The number of halogens is 1. The van der Waals surface area contributed by atoms with Crippen molar-refractivity contribution >= 4 is 51.3 Å². The fourth-order valence-electron chi connectivity index (χ4n) is 2.06. The number of nitrogens with one attached hydrogen (secondary N) is 3. The Kier molecular flexibility index (Phi) is 8.83. The number of nitrogens with zero attached hydrogens (tertiary/aromatic N) is 1. The highest BCUT2D eigenvalue weighted by Gasteiger charge is 2.10. The lowest BCUT2D eigenvalue weighted by atomic mass is 10.2. The summed E-state index contributed by atoms with van der Waals surface area (Å²) in [6, 6.07) is 10.9. The maximum Gasteiger partial charge on any atom is 0.240 e. The van der Waals surface area contributed by atoms with E-state index in [2.05, 4.69) is 39.4 Å². The molecule has 1 aromatic carbocycles. The highest BCUT2D eigenvalue weighted by atomic mass is 127. The van der Waals surface area contributed by atoms with Gasteiger partial charge in [0.25, 0.3) is 0 Å². The number of rotatable bonds is 6. The molecule has 25 heavy (non-hydrogen) atoms. The van der Waals surface area contributed by atoms with E-state index >= 15 is 0 Å². The molecule has 0 spiro atoms. The van der Waals surface area contributed by atoms with Crippen LogP contribution < -0.4 is 15.4 Å². The molecule has 0 aliphatic carbocycles. The van der Waals surface area contributed by atoms with Gasteiger partial charge in [0.15, 0.2) is 5.96 Å². The van der Waals surface area contributed by atoms with Crippen molar-refractivity contribution in [1.82, 2.24) is 15.4 Å². The molecule has 0 aliphatic heterocycles. The largest absolute Gasteiger partial charge is 0.352 e. The van der Waals surface area contributed by atoms with Gasteiger partial charge in [-0.05, 0) is 43.8 Å². The van der Waals surface area contributed by atoms with Crippen LogP contribution in [0.1, 0.15) is 15.3 Å². The highest BCUT2D eigenvalue weighted by Crippen LogP contribution is 2.14. The van der Waals surface area contributed by atoms with Gasteiger partial charge in [-0.25, -0.2) is 13.1 Å². The first-order valence-electron chi connectivity index (χ1n) is 7.47. The van der Waals surface area contributed by atoms with Crippen molar-refractivity contribution in [1.29, 1.82) is 0 Å². The lowest BCUT2D eigenvalue weighted by Crippen LogP contribution is -2.36. The van der Waals surface area contributed by atoms with Crippen molar-refractivity contribution in [3.63, 3.8) is 0 Å². The zero-order chi connectivity index (χ0) is 17.6. The van der Waals surface area contributed by atoms with Crippen LogP contribution in [0.3, 0.4) is 0 Å². The number of hydrogen-bond donors (Lipinski definition) is 3. The summed E-state index contributed by atoms with van der Waals surface area (Å²) in [7, 11) is -0.275. The lowest BCUT2D eigenvalue weighted by Gasteiger charge is -2.11. The number of hydrogen-bond acceptors (Lipinski definition) is 4. The van der Waals surface area contributed by atoms with Crippen LogP contribution >= 0.6 is 35.3 Å². The van der Waals surface area contributed by atoms with Crippen LogP contribution in [0.5, 0.6) is 0 Å². The molecule has 6 nitrogen and oxygen atoms in total. The molecule has 0 aliphatic rings. The van der Waals surface area contributed by atoms with Crippen LogP contribution in [0.25, 0.3) is 0 Å². The molecule has 2 aromatic rings. The zero-order valence-corrected chi connectivity index (χ0v) is 18.3. The van der Waals surface area contributed by atoms with Gasteiger partial charge in [0.05, 0.1) is 11.4 Å². The second kappa shape index (κ2) is 10.1. The lowest BCUT2D eigenvalue weighted by molar-refractivity contribution is 0.588. The number of guanidine groups is 1. The van der Waals surface area contributed by atoms with Gasteiger partial charge < -0.3 is 10.6 Å². The van der Waals surface area contributed by atoms with Crippen molar-refractivity contribution in [3.8, 4) is 0 Å². The molecular weight excluding hydrogens is 471 g/mol. The summed E-state index contributed by atoms with van der Waals surface area (Å²) >= 11 is 1.75. The first-order valence-corrected chi connectivity index (χ1v) is 9.77. The Morgan fingerprint density at radius 3 is 2.24 bits per heavy atom. The topological polar surface area (TPSA) is 82.6 Å². The maximum atomic E-state index is 11.7. The van der Waals surface area contributed by atoms with Gasteiger partial charge in [0.1, 0.15) is 0 Å². The minimum atomic E-state index is -3.39. The normalized spacial score (nSPS) is 11.7. The first kappa shape index (κ1) is 21.9. The molecule has 0 atom stereocenters. The number of aliphatic imine (C=N–C) groups is 1. The monoisotopic (exact) mass is 494 g/mol. The van der Waals surface area contributed by atoms with E-state index in [0.717, 1.165) is 12.1 Å². The molecule has 1 heterocycles. The van der Waals surface area contributed by atoms with E-state index in [1.807, 2.05) is 0 Å². The molecule has 9 heteroatoms. The fourth-order valence-corrected chi connectivity index (χ4v) is 3.62. The molecule has 2 rings (SSSR count). The van der Waals surface area contributed by atoms with Crippen molar-refractivity contribution in [2.75, 3.05) is 14.1 Å². The Labute approximate surface area is 170 Å². The second-order valence-corrected chi connectivity index (χ2v) is 8.40. The summed E-state index contributed by atoms with van der Waals surface area (Å²) < 4.78 is 25.7. The minimum Gasteiger partial charge on any atom is -0.352 e. The van der Waals surface area contributed by atoms with Crippen LogP contribution in [0, 0.1) is 6.92 Å². The van der Waals surface area contributed by atoms with Crippen molar-refractivity contribution in [3.05, 3.63) is 51.7 Å². The van der Waals surface area contributed by atoms with E-state index in [-0.39, 0.29) is 28.9 Å². The van der Waals surface area contributed by atoms with Gasteiger partial charge in [-0.15, -0.1) is 35.3 Å². The van der Waals surface area contributed by atoms with Crippen LogP contribution in [-0.4, -0.2) is 28.5 Å². The number of thiophene rings is 1. The fraction of sp³-hybridized carbons (Fsp3) is 0.312. The maximum absolute atomic E-state index is 11.7. The summed E-state index contributed by atoms with van der Waals surface area (Å²) in [5.74, 6) is 0.702. The van der Waals surface area contributed by atoms with E-state index in [0.29, 0.717) is 12.5 Å². The van der Waals surface area contributed by atoms with Gasteiger partial charge >= 0.3 is 0 Å². The van der Waals surface area contributed by atoms with Gasteiger partial charge in [-0.1, -0.05) is 12.1 Å². The highest BCUT2D eigenvalue weighted by molar-refractivity contribution is 14.0. The Morgan fingerprint density at radius 1 is 1.08 bits per heavy atom. The molecule has 0 amide bonds. The Bertz CT molecular complexity index is 802. The van der Waals surface area contributed by atoms with E-state index in [1.54, 1.807) is 42.6 Å². The number of aryl methyl sites for hydroxylation is 1. The van der Waals surface area contributed by atoms with Crippen molar-refractivity contribution < 1.29 is 8.42 Å². The molecule has 0 radical (unpaired) electrons. The van der Waals surface area contributed by atoms with Crippen molar-refractivity contribution in [2.24, 2.45) is 4.99 Å². The molecule has 0 saturated carbocycles. The van der Waals surface area contributed by atoms with Gasteiger partial charge in [0, 0.05) is 23.3 Å². The predicted molar refractivity (Wildman–Crippen MR) is 114 cm³/mol. The molecule has 138 valence electrons. The second-order valence-electron chi connectivity index (χ2n) is 5.14. The van der Waals surface area contributed by atoms with Crippen LogP contribution in [-0.2, 0) is 23.1 Å². The van der Waals surface area contributed by atoms with Crippen molar-refractivity contribution in [2.45, 2.75) is 24.9 Å². The molecule has 3 N–H and O–H groups in total. The van der Waals surface area contributed by atoms with E-state index < -0.39 is 10.0 Å². The molecule has 0 saturated heterocycles. The standard InChI is InChI=1S/C16H22N4O2S2.HI/c1-12-4-7-14(23-12)11-20-16(17-2)19-10-13-5-8-15(9-6-13)24(21,22)18-3;/h4-9,18H,10-11H2,1-3H3,(H2,17,19,20);1H. The summed E-state index contributed by atoms with van der Waals surface area (Å²) in [5, 5.41) is 6.47. The average molecular weight is 494 g/mol. The third-order valence-corrected chi connectivity index (χ3v) is 5.84. The van der Waals surface area contributed by atoms with E-state index in [4.69, 9.17) is 0 Å². The summed E-state index contributed by atoms with van der Waals surface area (Å²) in [5.41, 5.74) is 0.972. The summed E-state index contributed by atoms with van der Waals surface area (Å²) in [6.45, 7) is 3.36. The first-order chi connectivity index (χ1) is 11.4. The van der Waals surface area contributed by atoms with Gasteiger partial charge in [-0.2, -0.15) is 0 Å². The van der Waals surface area contributed by atoms with Gasteiger partial charge in [-0.3, -0.25) is 4.99 Å². The zero-order valence-electron chi connectivity index (χ0n) is 14.4. The minimum absolute atomic E-state index is 0. The number of benzene rings is 1. The third-order valence-electron chi connectivity index (χ3n) is 3.41. The van der Waals surface area contributed by atoms with Gasteiger partial charge in [0.2, 0.25) is 10.0 Å².